The summed E-state index contributed by atoms with van der Waals surface area (Å²) >= 11 is 0. The van der Waals surface area contributed by atoms with Gasteiger partial charge in [-0.05, 0) is 0 Å². The summed E-state index contributed by atoms with van der Waals surface area (Å²) < 4.78 is 4.96. The van der Waals surface area contributed by atoms with Gasteiger partial charge in [0.25, 0.3) is 5.91 Å². The first kappa shape index (κ1) is 12.9. The zero-order chi connectivity index (χ0) is 11.0. The fourth-order valence-corrected chi connectivity index (χ4v) is 0.758. The van der Waals surface area contributed by atoms with Crippen molar-refractivity contribution in [2.45, 2.75) is 19.9 Å². The Morgan fingerprint density at radius 1 is 1.43 bits per heavy atom. The minimum atomic E-state index is -0.862. The highest BCUT2D eigenvalue weighted by Crippen LogP contribution is 1.78. The van der Waals surface area contributed by atoms with Crippen molar-refractivity contribution >= 4 is 11.9 Å². The van der Waals surface area contributed by atoms with Gasteiger partial charge in [-0.2, -0.15) is 0 Å². The Balaban J connectivity index is 3.27. The largest absolute Gasteiger partial charge is 0.370 e. The number of carbonyl (C=O) groups excluding carboxylic acids is 2. The average Bonchev–Trinajstić information content (AvgIpc) is 2.01. The van der Waals surface area contributed by atoms with E-state index in [1.54, 1.807) is 0 Å². The van der Waals surface area contributed by atoms with Gasteiger partial charge in [-0.1, -0.05) is 13.8 Å². The zero-order valence-electron chi connectivity index (χ0n) is 8.50. The molecule has 3 amide bonds. The first-order chi connectivity index (χ1) is 6.52. The molecule has 0 saturated heterocycles. The molecule has 0 spiro atoms. The molecule has 0 aromatic rings. The molecule has 0 heterocycles. The van der Waals surface area contributed by atoms with E-state index < -0.39 is 11.9 Å². The molecule has 82 valence electrons. The highest BCUT2D eigenvalue weighted by Gasteiger charge is 2.03. The zero-order valence-corrected chi connectivity index (χ0v) is 8.50. The van der Waals surface area contributed by atoms with Crippen LogP contribution in [0.1, 0.15) is 13.8 Å². The molecule has 0 saturated carbocycles. The Morgan fingerprint density at radius 3 is 2.57 bits per heavy atom. The van der Waals surface area contributed by atoms with Crippen LogP contribution in [0.5, 0.6) is 0 Å². The molecule has 6 nitrogen and oxygen atoms in total. The van der Waals surface area contributed by atoms with Gasteiger partial charge in [-0.3, -0.25) is 10.1 Å². The van der Waals surface area contributed by atoms with E-state index in [2.05, 4.69) is 5.32 Å². The molecule has 0 aromatic heterocycles. The summed E-state index contributed by atoms with van der Waals surface area (Å²) in [6.45, 7) is 4.97. The maximum absolute atomic E-state index is 10.8. The second-order valence-electron chi connectivity index (χ2n) is 3.07. The number of imide groups is 1. The van der Waals surface area contributed by atoms with Crippen LogP contribution in [-0.2, 0) is 9.53 Å². The molecule has 0 radical (unpaired) electrons. The smallest absolute Gasteiger partial charge is 0.318 e. The summed E-state index contributed by atoms with van der Waals surface area (Å²) in [6.07, 6.45) is 0. The van der Waals surface area contributed by atoms with Crippen molar-refractivity contribution in [2.75, 3.05) is 19.8 Å². The van der Waals surface area contributed by atoms with Crippen LogP contribution in [0.3, 0.4) is 0 Å². The van der Waals surface area contributed by atoms with E-state index in [9.17, 15) is 9.59 Å². The summed E-state index contributed by atoms with van der Waals surface area (Å²) in [4.78, 5) is 21.0. The molecule has 0 unspecified atom stereocenters. The second-order valence-corrected chi connectivity index (χ2v) is 3.07. The molecule has 0 rings (SSSR count). The third-order valence-electron chi connectivity index (χ3n) is 1.29. The number of hydrogen-bond donors (Lipinski definition) is 3. The monoisotopic (exact) mass is 203 g/mol. The lowest BCUT2D eigenvalue weighted by Crippen LogP contribution is -2.38. The summed E-state index contributed by atoms with van der Waals surface area (Å²) in [5, 5.41) is 5.01. The minimum Gasteiger partial charge on any atom is -0.370 e. The fourth-order valence-electron chi connectivity index (χ4n) is 0.758. The van der Waals surface area contributed by atoms with Crippen LogP contribution in [0.2, 0.25) is 0 Å². The Labute approximate surface area is 83.2 Å². The number of nitrogens with two attached hydrogens (primary N) is 1. The number of rotatable bonds is 6. The Kier molecular flexibility index (Phi) is 6.69. The van der Waals surface area contributed by atoms with E-state index in [1.807, 2.05) is 19.2 Å². The number of carbonyl (C=O) groups is 2. The molecule has 0 bridgehead atoms. The summed E-state index contributed by atoms with van der Waals surface area (Å²) in [5.74, 6) is -0.526. The van der Waals surface area contributed by atoms with E-state index in [1.165, 1.54) is 0 Å². The number of hydrogen-bond acceptors (Lipinski definition) is 4. The van der Waals surface area contributed by atoms with Gasteiger partial charge >= 0.3 is 6.03 Å². The number of amides is 3. The van der Waals surface area contributed by atoms with Crippen molar-refractivity contribution in [3.8, 4) is 0 Å². The maximum Gasteiger partial charge on any atom is 0.318 e. The molecule has 4 N–H and O–H groups in total. The lowest BCUT2D eigenvalue weighted by molar-refractivity contribution is -0.124. The van der Waals surface area contributed by atoms with E-state index >= 15 is 0 Å². The Bertz CT molecular complexity index is 194. The normalized spacial score (nSPS) is 10.2. The van der Waals surface area contributed by atoms with Gasteiger partial charge in [-0.15, -0.1) is 0 Å². The molecule has 14 heavy (non-hydrogen) atoms. The number of primary amides is 1. The lowest BCUT2D eigenvalue weighted by atomic mass is 10.4. The van der Waals surface area contributed by atoms with Gasteiger partial charge in [0.2, 0.25) is 0 Å². The van der Waals surface area contributed by atoms with Crippen LogP contribution in [0, 0.1) is 0 Å². The van der Waals surface area contributed by atoms with Gasteiger partial charge in [0.05, 0.1) is 6.61 Å². The SMILES string of the molecule is CC(C)NCCOCC(=O)NC(N)=O. The minimum absolute atomic E-state index is 0.150. The van der Waals surface area contributed by atoms with Crippen molar-refractivity contribution in [3.05, 3.63) is 0 Å². The molecule has 6 heteroatoms. The van der Waals surface area contributed by atoms with Crippen LogP contribution < -0.4 is 16.4 Å². The topological polar surface area (TPSA) is 93.4 Å². The van der Waals surface area contributed by atoms with Crippen LogP contribution in [-0.4, -0.2) is 37.7 Å². The quantitative estimate of drug-likeness (QED) is 0.492. The van der Waals surface area contributed by atoms with E-state index in [0.29, 0.717) is 19.2 Å². The predicted octanol–water partition coefficient (Wildman–Crippen LogP) is -0.804. The van der Waals surface area contributed by atoms with Crippen LogP contribution in [0.25, 0.3) is 0 Å². The van der Waals surface area contributed by atoms with Crippen LogP contribution in [0.15, 0.2) is 0 Å². The van der Waals surface area contributed by atoms with Gasteiger partial charge in [0, 0.05) is 12.6 Å². The summed E-state index contributed by atoms with van der Waals surface area (Å²) in [6, 6.07) is -0.475. The Morgan fingerprint density at radius 2 is 2.07 bits per heavy atom. The van der Waals surface area contributed by atoms with Crippen molar-refractivity contribution in [3.63, 3.8) is 0 Å². The van der Waals surface area contributed by atoms with Crippen molar-refractivity contribution < 1.29 is 14.3 Å². The molecule has 0 fully saturated rings. The van der Waals surface area contributed by atoms with Gasteiger partial charge in [-0.25, -0.2) is 4.79 Å². The van der Waals surface area contributed by atoms with Crippen LogP contribution >= 0.6 is 0 Å². The van der Waals surface area contributed by atoms with Gasteiger partial charge < -0.3 is 15.8 Å². The third kappa shape index (κ3) is 8.95. The van der Waals surface area contributed by atoms with Crippen molar-refractivity contribution in [1.29, 1.82) is 0 Å². The fraction of sp³-hybridized carbons (Fsp3) is 0.750. The lowest BCUT2D eigenvalue weighted by Gasteiger charge is -2.07. The predicted molar refractivity (Wildman–Crippen MR) is 51.7 cm³/mol. The van der Waals surface area contributed by atoms with E-state index in [4.69, 9.17) is 10.5 Å². The van der Waals surface area contributed by atoms with Crippen molar-refractivity contribution in [1.82, 2.24) is 10.6 Å². The molecular weight excluding hydrogens is 186 g/mol. The van der Waals surface area contributed by atoms with Crippen molar-refractivity contribution in [2.24, 2.45) is 5.73 Å². The Hall–Kier alpha value is -1.14. The molecule has 0 aliphatic carbocycles. The van der Waals surface area contributed by atoms with Gasteiger partial charge in [0.1, 0.15) is 6.61 Å². The van der Waals surface area contributed by atoms with E-state index in [-0.39, 0.29) is 6.61 Å². The van der Waals surface area contributed by atoms with Gasteiger partial charge in [0.15, 0.2) is 0 Å². The standard InChI is InChI=1S/C8H17N3O3/c1-6(2)10-3-4-14-5-7(12)11-8(9)13/h6,10H,3-5H2,1-2H3,(H3,9,11,12,13). The molecule has 0 atom stereocenters. The van der Waals surface area contributed by atoms with Crippen LogP contribution in [0.4, 0.5) is 4.79 Å². The first-order valence-electron chi connectivity index (χ1n) is 4.42. The molecule has 0 aliphatic rings. The second kappa shape index (κ2) is 7.28. The molecular formula is C8H17N3O3. The molecule has 0 aliphatic heterocycles. The summed E-state index contributed by atoms with van der Waals surface area (Å²) in [7, 11) is 0. The maximum atomic E-state index is 10.8. The highest BCUT2D eigenvalue weighted by atomic mass is 16.5. The third-order valence-corrected chi connectivity index (χ3v) is 1.29. The number of ether oxygens (including phenoxy) is 1. The number of nitrogens with one attached hydrogen (secondary N) is 2. The highest BCUT2D eigenvalue weighted by molar-refractivity contribution is 5.94. The average molecular weight is 203 g/mol. The first-order valence-corrected chi connectivity index (χ1v) is 4.42. The molecule has 0 aromatic carbocycles. The van der Waals surface area contributed by atoms with E-state index in [0.717, 1.165) is 0 Å². The summed E-state index contributed by atoms with van der Waals surface area (Å²) in [5.41, 5.74) is 4.72. The number of urea groups is 1.